The van der Waals surface area contributed by atoms with Crippen molar-refractivity contribution in [2.45, 2.75) is 39.7 Å². The van der Waals surface area contributed by atoms with Crippen molar-refractivity contribution in [1.29, 1.82) is 0 Å². The highest BCUT2D eigenvalue weighted by molar-refractivity contribution is 4.92. The van der Waals surface area contributed by atoms with E-state index in [4.69, 9.17) is 15.0 Å². The van der Waals surface area contributed by atoms with Crippen LogP contribution < -0.4 is 5.73 Å². The molecule has 0 spiro atoms. The highest BCUT2D eigenvalue weighted by Crippen LogP contribution is 2.18. The maximum Gasteiger partial charge on any atom is 0.227 e. The number of nitrogens with two attached hydrogens (primary N) is 1. The zero-order valence-electron chi connectivity index (χ0n) is 10.3. The number of hydrogen-bond acceptors (Lipinski definition) is 5. The van der Waals surface area contributed by atoms with E-state index in [2.05, 4.69) is 17.1 Å². The molecular formula is C11H21N3O2. The lowest BCUT2D eigenvalue weighted by Crippen LogP contribution is -2.13. The molecule has 0 radical (unpaired) electrons. The Kier molecular flexibility index (Phi) is 5.42. The second-order valence-electron chi connectivity index (χ2n) is 3.94. The first-order chi connectivity index (χ1) is 7.71. The van der Waals surface area contributed by atoms with Gasteiger partial charge in [-0.25, -0.2) is 0 Å². The molecule has 92 valence electrons. The van der Waals surface area contributed by atoms with Crippen LogP contribution in [0.4, 0.5) is 0 Å². The van der Waals surface area contributed by atoms with E-state index in [1.165, 1.54) is 0 Å². The largest absolute Gasteiger partial charge is 0.370 e. The van der Waals surface area contributed by atoms with Crippen molar-refractivity contribution in [3.63, 3.8) is 0 Å². The van der Waals surface area contributed by atoms with Crippen molar-refractivity contribution in [1.82, 2.24) is 10.1 Å². The van der Waals surface area contributed by atoms with Gasteiger partial charge in [-0.1, -0.05) is 19.0 Å². The van der Waals surface area contributed by atoms with Crippen molar-refractivity contribution in [2.24, 2.45) is 11.7 Å². The number of nitrogens with zero attached hydrogens (tertiary/aromatic N) is 2. The van der Waals surface area contributed by atoms with Gasteiger partial charge in [-0.15, -0.1) is 0 Å². The van der Waals surface area contributed by atoms with Crippen LogP contribution in [0.2, 0.25) is 0 Å². The third-order valence-electron chi connectivity index (χ3n) is 2.44. The molecule has 0 saturated carbocycles. The van der Waals surface area contributed by atoms with Gasteiger partial charge >= 0.3 is 0 Å². The van der Waals surface area contributed by atoms with Gasteiger partial charge in [0.25, 0.3) is 0 Å². The van der Waals surface area contributed by atoms with Gasteiger partial charge in [0, 0.05) is 13.0 Å². The van der Waals surface area contributed by atoms with E-state index in [0.717, 1.165) is 12.8 Å². The summed E-state index contributed by atoms with van der Waals surface area (Å²) in [7, 11) is 0. The molecule has 2 atom stereocenters. The van der Waals surface area contributed by atoms with Crippen molar-refractivity contribution in [3.05, 3.63) is 11.7 Å². The van der Waals surface area contributed by atoms with Gasteiger partial charge < -0.3 is 15.0 Å². The van der Waals surface area contributed by atoms with Crippen LogP contribution in [0.15, 0.2) is 4.52 Å². The zero-order chi connectivity index (χ0) is 12.0. The normalized spacial score (nSPS) is 15.0. The highest BCUT2D eigenvalue weighted by Gasteiger charge is 2.17. The second-order valence-corrected chi connectivity index (χ2v) is 3.94. The van der Waals surface area contributed by atoms with E-state index in [0.29, 0.717) is 30.8 Å². The Morgan fingerprint density at radius 1 is 1.44 bits per heavy atom. The fourth-order valence-corrected chi connectivity index (χ4v) is 1.44. The minimum absolute atomic E-state index is 0.0596. The lowest BCUT2D eigenvalue weighted by molar-refractivity contribution is 0.0518. The lowest BCUT2D eigenvalue weighted by atomic mass is 10.1. The fraction of sp³-hybridized carbons (Fsp3) is 0.818. The van der Waals surface area contributed by atoms with Crippen LogP contribution in [0, 0.1) is 5.92 Å². The Balaban J connectivity index is 2.62. The molecule has 2 N–H and O–H groups in total. The van der Waals surface area contributed by atoms with Crippen molar-refractivity contribution < 1.29 is 9.26 Å². The van der Waals surface area contributed by atoms with Crippen LogP contribution >= 0.6 is 0 Å². The zero-order valence-corrected chi connectivity index (χ0v) is 10.3. The minimum Gasteiger partial charge on any atom is -0.370 e. The van der Waals surface area contributed by atoms with E-state index in [-0.39, 0.29) is 6.10 Å². The van der Waals surface area contributed by atoms with Crippen LogP contribution in [-0.2, 0) is 11.2 Å². The summed E-state index contributed by atoms with van der Waals surface area (Å²) >= 11 is 0. The average molecular weight is 227 g/mol. The topological polar surface area (TPSA) is 74.2 Å². The predicted octanol–water partition coefficient (Wildman–Crippen LogP) is 1.69. The molecule has 0 bridgehead atoms. The summed E-state index contributed by atoms with van der Waals surface area (Å²) in [6, 6.07) is 0. The second kappa shape index (κ2) is 6.60. The monoisotopic (exact) mass is 227 g/mol. The molecule has 2 unspecified atom stereocenters. The Labute approximate surface area is 96.4 Å². The van der Waals surface area contributed by atoms with Gasteiger partial charge in [0.05, 0.1) is 0 Å². The first-order valence-corrected chi connectivity index (χ1v) is 5.85. The summed E-state index contributed by atoms with van der Waals surface area (Å²) in [6.45, 7) is 7.34. The molecule has 0 aromatic carbocycles. The Morgan fingerprint density at radius 2 is 2.19 bits per heavy atom. The summed E-state index contributed by atoms with van der Waals surface area (Å²) in [5.41, 5.74) is 5.55. The summed E-state index contributed by atoms with van der Waals surface area (Å²) < 4.78 is 10.7. The SMILES string of the molecule is CCOC(CC)c1noc(CC(C)CN)n1. The molecular weight excluding hydrogens is 206 g/mol. The fourth-order valence-electron chi connectivity index (χ4n) is 1.44. The van der Waals surface area contributed by atoms with Gasteiger partial charge in [0.1, 0.15) is 6.10 Å². The Hall–Kier alpha value is -0.940. The van der Waals surface area contributed by atoms with Crippen LogP contribution in [0.25, 0.3) is 0 Å². The molecule has 0 aliphatic rings. The number of rotatable bonds is 7. The maximum absolute atomic E-state index is 5.55. The molecule has 0 saturated heterocycles. The van der Waals surface area contributed by atoms with E-state index >= 15 is 0 Å². The minimum atomic E-state index is -0.0596. The van der Waals surface area contributed by atoms with E-state index in [9.17, 15) is 0 Å². The van der Waals surface area contributed by atoms with Gasteiger partial charge in [0.2, 0.25) is 11.7 Å². The van der Waals surface area contributed by atoms with Crippen LogP contribution in [-0.4, -0.2) is 23.3 Å². The van der Waals surface area contributed by atoms with E-state index < -0.39 is 0 Å². The Morgan fingerprint density at radius 3 is 2.75 bits per heavy atom. The predicted molar refractivity (Wildman–Crippen MR) is 60.9 cm³/mol. The third-order valence-corrected chi connectivity index (χ3v) is 2.44. The molecule has 1 rings (SSSR count). The number of ether oxygens (including phenoxy) is 1. The van der Waals surface area contributed by atoms with Crippen molar-refractivity contribution in [3.8, 4) is 0 Å². The summed E-state index contributed by atoms with van der Waals surface area (Å²) in [4.78, 5) is 4.33. The van der Waals surface area contributed by atoms with Crippen molar-refractivity contribution >= 4 is 0 Å². The maximum atomic E-state index is 5.55. The first kappa shape index (κ1) is 13.1. The van der Waals surface area contributed by atoms with Crippen molar-refractivity contribution in [2.75, 3.05) is 13.2 Å². The quantitative estimate of drug-likeness (QED) is 0.767. The average Bonchev–Trinajstić information content (AvgIpc) is 2.74. The highest BCUT2D eigenvalue weighted by atomic mass is 16.5. The standard InChI is InChI=1S/C11H21N3O2/c1-4-9(15-5-2)11-13-10(16-14-11)6-8(3)7-12/h8-9H,4-7,12H2,1-3H3. The van der Waals surface area contributed by atoms with Gasteiger partial charge in [-0.2, -0.15) is 4.98 Å². The molecule has 1 aromatic heterocycles. The summed E-state index contributed by atoms with van der Waals surface area (Å²) in [5, 5.41) is 3.94. The smallest absolute Gasteiger partial charge is 0.227 e. The van der Waals surface area contributed by atoms with E-state index in [1.54, 1.807) is 0 Å². The van der Waals surface area contributed by atoms with Gasteiger partial charge in [-0.05, 0) is 25.8 Å². The molecule has 0 fully saturated rings. The van der Waals surface area contributed by atoms with Crippen LogP contribution in [0.3, 0.4) is 0 Å². The molecule has 1 heterocycles. The lowest BCUT2D eigenvalue weighted by Gasteiger charge is -2.09. The molecule has 0 amide bonds. The first-order valence-electron chi connectivity index (χ1n) is 5.85. The summed E-state index contributed by atoms with van der Waals surface area (Å²) in [5.74, 6) is 1.65. The number of hydrogen-bond donors (Lipinski definition) is 1. The number of aromatic nitrogens is 2. The molecule has 5 heteroatoms. The molecule has 16 heavy (non-hydrogen) atoms. The van der Waals surface area contributed by atoms with Gasteiger partial charge in [-0.3, -0.25) is 0 Å². The molecule has 0 aliphatic carbocycles. The third kappa shape index (κ3) is 3.57. The van der Waals surface area contributed by atoms with Gasteiger partial charge in [0.15, 0.2) is 0 Å². The molecule has 0 aliphatic heterocycles. The van der Waals surface area contributed by atoms with E-state index in [1.807, 2.05) is 13.8 Å². The molecule has 1 aromatic rings. The molecule has 5 nitrogen and oxygen atoms in total. The summed E-state index contributed by atoms with van der Waals surface area (Å²) in [6.07, 6.45) is 1.52. The van der Waals surface area contributed by atoms with Crippen LogP contribution in [0.5, 0.6) is 0 Å². The Bertz CT molecular complexity index is 301. The van der Waals surface area contributed by atoms with Crippen LogP contribution in [0.1, 0.15) is 45.0 Å².